The van der Waals surface area contributed by atoms with E-state index < -0.39 is 5.97 Å². The van der Waals surface area contributed by atoms with E-state index in [1.54, 1.807) is 18.3 Å². The lowest BCUT2D eigenvalue weighted by molar-refractivity contribution is -0.141. The van der Waals surface area contributed by atoms with E-state index in [0.717, 1.165) is 4.88 Å². The summed E-state index contributed by atoms with van der Waals surface area (Å²) in [6.07, 6.45) is 1.23. The third-order valence-electron chi connectivity index (χ3n) is 2.74. The van der Waals surface area contributed by atoms with Crippen molar-refractivity contribution in [1.82, 2.24) is 10.6 Å². The average Bonchev–Trinajstić information content (AvgIpc) is 2.77. The first-order chi connectivity index (χ1) is 8.99. The van der Waals surface area contributed by atoms with E-state index in [4.69, 9.17) is 5.11 Å². The highest BCUT2D eigenvalue weighted by atomic mass is 32.1. The van der Waals surface area contributed by atoms with Gasteiger partial charge in [-0.25, -0.2) is 4.79 Å². The molecule has 19 heavy (non-hydrogen) atoms. The topological polar surface area (TPSA) is 78.4 Å². The Morgan fingerprint density at radius 1 is 1.37 bits per heavy atom. The van der Waals surface area contributed by atoms with Crippen LogP contribution in [0.25, 0.3) is 0 Å². The number of carboxylic acids is 1. The number of thiophene rings is 1. The molecule has 1 heterocycles. The monoisotopic (exact) mass is 284 g/mol. The molecule has 0 saturated carbocycles. The number of carboxylic acid groups (broad SMARTS) is 1. The van der Waals surface area contributed by atoms with Crippen molar-refractivity contribution >= 4 is 23.3 Å². The number of rotatable bonds is 7. The molecular formula is C13H20N2O3S. The van der Waals surface area contributed by atoms with Crippen molar-refractivity contribution < 1.29 is 14.7 Å². The van der Waals surface area contributed by atoms with Crippen LogP contribution < -0.4 is 10.6 Å². The molecule has 5 nitrogen and oxygen atoms in total. The number of aliphatic carboxylic acids is 1. The highest BCUT2D eigenvalue weighted by Gasteiger charge is 2.10. The van der Waals surface area contributed by atoms with Gasteiger partial charge in [0.25, 0.3) is 0 Å². The second kappa shape index (κ2) is 7.78. The Morgan fingerprint density at radius 3 is 2.68 bits per heavy atom. The number of aryl methyl sites for hydroxylation is 1. The summed E-state index contributed by atoms with van der Waals surface area (Å²) in [6, 6.07) is 3.80. The summed E-state index contributed by atoms with van der Waals surface area (Å²) >= 11 is 1.66. The molecule has 1 aromatic heterocycles. The normalized spacial score (nSPS) is 11.9. The van der Waals surface area contributed by atoms with E-state index in [9.17, 15) is 9.59 Å². The fourth-order valence-electron chi connectivity index (χ4n) is 1.54. The van der Waals surface area contributed by atoms with Gasteiger partial charge >= 0.3 is 12.0 Å². The van der Waals surface area contributed by atoms with Gasteiger partial charge in [0.15, 0.2) is 0 Å². The third kappa shape index (κ3) is 6.24. The number of amides is 2. The first kappa shape index (κ1) is 15.5. The third-order valence-corrected chi connectivity index (χ3v) is 3.74. The summed E-state index contributed by atoms with van der Waals surface area (Å²) < 4.78 is 0. The van der Waals surface area contributed by atoms with Crippen LogP contribution in [-0.4, -0.2) is 23.7 Å². The number of nitrogens with one attached hydrogen (secondary N) is 2. The Bertz CT molecular complexity index is 431. The quantitative estimate of drug-likeness (QED) is 0.673. The van der Waals surface area contributed by atoms with E-state index in [2.05, 4.69) is 10.6 Å². The summed E-state index contributed by atoms with van der Waals surface area (Å²) in [4.78, 5) is 24.4. The van der Waals surface area contributed by atoms with Crippen LogP contribution in [0.3, 0.4) is 0 Å². The molecule has 0 fully saturated rings. The SMILES string of the molecule is Cc1ccc(CNC(=O)NCCCC(C)C(=O)O)s1. The predicted molar refractivity (Wildman–Crippen MR) is 75.3 cm³/mol. The Balaban J connectivity index is 2.10. The molecule has 0 aliphatic rings. The molecular weight excluding hydrogens is 264 g/mol. The highest BCUT2D eigenvalue weighted by molar-refractivity contribution is 7.11. The lowest BCUT2D eigenvalue weighted by Crippen LogP contribution is -2.35. The molecule has 0 aromatic carbocycles. The van der Waals surface area contributed by atoms with Crippen LogP contribution in [0.2, 0.25) is 0 Å². The van der Waals surface area contributed by atoms with Crippen LogP contribution in [0.15, 0.2) is 12.1 Å². The van der Waals surface area contributed by atoms with Crippen LogP contribution in [0.5, 0.6) is 0 Å². The van der Waals surface area contributed by atoms with Crippen molar-refractivity contribution in [3.63, 3.8) is 0 Å². The summed E-state index contributed by atoms with van der Waals surface area (Å²) in [5, 5.41) is 14.2. The molecule has 1 aromatic rings. The van der Waals surface area contributed by atoms with Gasteiger partial charge in [0.2, 0.25) is 0 Å². The zero-order valence-electron chi connectivity index (χ0n) is 11.2. The van der Waals surface area contributed by atoms with Crippen LogP contribution in [0.1, 0.15) is 29.5 Å². The fourth-order valence-corrected chi connectivity index (χ4v) is 2.37. The first-order valence-electron chi connectivity index (χ1n) is 6.29. The van der Waals surface area contributed by atoms with Gasteiger partial charge in [0, 0.05) is 16.3 Å². The molecule has 3 N–H and O–H groups in total. The lowest BCUT2D eigenvalue weighted by atomic mass is 10.1. The molecule has 0 aliphatic heterocycles. The van der Waals surface area contributed by atoms with Crippen molar-refractivity contribution in [2.24, 2.45) is 5.92 Å². The van der Waals surface area contributed by atoms with Crippen LogP contribution >= 0.6 is 11.3 Å². The molecule has 6 heteroatoms. The van der Waals surface area contributed by atoms with Gasteiger partial charge in [0.1, 0.15) is 0 Å². The van der Waals surface area contributed by atoms with Crippen molar-refractivity contribution in [3.8, 4) is 0 Å². The number of urea groups is 1. The van der Waals surface area contributed by atoms with Gasteiger partial charge in [-0.3, -0.25) is 4.79 Å². The molecule has 2 amide bonds. The maximum Gasteiger partial charge on any atom is 0.315 e. The average molecular weight is 284 g/mol. The number of carbonyl (C=O) groups excluding carboxylic acids is 1. The molecule has 0 saturated heterocycles. The largest absolute Gasteiger partial charge is 0.481 e. The van der Waals surface area contributed by atoms with E-state index >= 15 is 0 Å². The van der Waals surface area contributed by atoms with E-state index in [1.807, 2.05) is 19.1 Å². The second-order valence-corrected chi connectivity index (χ2v) is 5.88. The minimum absolute atomic E-state index is 0.214. The molecule has 1 rings (SSSR count). The van der Waals surface area contributed by atoms with Crippen molar-refractivity contribution in [3.05, 3.63) is 21.9 Å². The van der Waals surface area contributed by atoms with Crippen molar-refractivity contribution in [2.75, 3.05) is 6.54 Å². The first-order valence-corrected chi connectivity index (χ1v) is 7.10. The van der Waals surface area contributed by atoms with E-state index in [1.165, 1.54) is 4.88 Å². The summed E-state index contributed by atoms with van der Waals surface area (Å²) in [7, 11) is 0. The van der Waals surface area contributed by atoms with Gasteiger partial charge in [-0.05, 0) is 31.9 Å². The van der Waals surface area contributed by atoms with Crippen molar-refractivity contribution in [2.45, 2.75) is 33.2 Å². The minimum atomic E-state index is -0.794. The molecule has 106 valence electrons. The Hall–Kier alpha value is -1.56. The number of hydrogen-bond donors (Lipinski definition) is 3. The maximum atomic E-state index is 11.5. The molecule has 0 spiro atoms. The van der Waals surface area contributed by atoms with Crippen LogP contribution in [0, 0.1) is 12.8 Å². The fraction of sp³-hybridized carbons (Fsp3) is 0.538. The van der Waals surface area contributed by atoms with Gasteiger partial charge in [-0.2, -0.15) is 0 Å². The van der Waals surface area contributed by atoms with Gasteiger partial charge < -0.3 is 15.7 Å². The molecule has 1 atom stereocenters. The smallest absolute Gasteiger partial charge is 0.315 e. The number of carbonyl (C=O) groups is 2. The van der Waals surface area contributed by atoms with Gasteiger partial charge in [-0.1, -0.05) is 6.92 Å². The Labute approximate surface area is 117 Å². The molecule has 0 aliphatic carbocycles. The van der Waals surface area contributed by atoms with E-state index in [-0.39, 0.29) is 11.9 Å². The zero-order valence-corrected chi connectivity index (χ0v) is 12.0. The second-order valence-electron chi connectivity index (χ2n) is 4.50. The minimum Gasteiger partial charge on any atom is -0.481 e. The lowest BCUT2D eigenvalue weighted by Gasteiger charge is -2.08. The Kier molecular flexibility index (Phi) is 6.35. The zero-order chi connectivity index (χ0) is 14.3. The number of hydrogen-bond acceptors (Lipinski definition) is 3. The van der Waals surface area contributed by atoms with Crippen LogP contribution in [-0.2, 0) is 11.3 Å². The summed E-state index contributed by atoms with van der Waals surface area (Å²) in [5.41, 5.74) is 0. The Morgan fingerprint density at radius 2 is 2.11 bits per heavy atom. The van der Waals surface area contributed by atoms with Crippen molar-refractivity contribution in [1.29, 1.82) is 0 Å². The highest BCUT2D eigenvalue weighted by Crippen LogP contribution is 2.14. The molecule has 0 radical (unpaired) electrons. The van der Waals surface area contributed by atoms with E-state index in [0.29, 0.717) is 25.9 Å². The molecule has 1 unspecified atom stereocenters. The van der Waals surface area contributed by atoms with Gasteiger partial charge in [0.05, 0.1) is 12.5 Å². The standard InChI is InChI=1S/C13H20N2O3S/c1-9(12(16)17)4-3-7-14-13(18)15-8-11-6-5-10(2)19-11/h5-6,9H,3-4,7-8H2,1-2H3,(H,16,17)(H2,14,15,18). The predicted octanol–water partition coefficient (Wildman–Crippen LogP) is 2.36. The van der Waals surface area contributed by atoms with Gasteiger partial charge in [-0.15, -0.1) is 11.3 Å². The maximum absolute atomic E-state index is 11.5. The summed E-state index contributed by atoms with van der Waals surface area (Å²) in [5.74, 6) is -1.16. The van der Waals surface area contributed by atoms with Crippen LogP contribution in [0.4, 0.5) is 4.79 Å². The molecule has 0 bridgehead atoms. The summed E-state index contributed by atoms with van der Waals surface area (Å²) in [6.45, 7) is 4.71.